The van der Waals surface area contributed by atoms with Crippen LogP contribution in [-0.2, 0) is 4.79 Å². The number of nitrogens with zero attached hydrogens (tertiary/aromatic N) is 1. The van der Waals surface area contributed by atoms with Crippen LogP contribution in [-0.4, -0.2) is 10.9 Å². The van der Waals surface area contributed by atoms with E-state index in [4.69, 9.17) is 20.4 Å². The highest BCUT2D eigenvalue weighted by Crippen LogP contribution is 2.28. The predicted octanol–water partition coefficient (Wildman–Crippen LogP) is 7.37. The summed E-state index contributed by atoms with van der Waals surface area (Å²) in [6.07, 6.45) is 3.06. The molecule has 0 atom stereocenters. The van der Waals surface area contributed by atoms with Gasteiger partial charge in [0.05, 0.1) is 0 Å². The number of hydrogen-bond acceptors (Lipinski definition) is 4. The van der Waals surface area contributed by atoms with Crippen molar-refractivity contribution in [1.29, 1.82) is 0 Å². The van der Waals surface area contributed by atoms with E-state index >= 15 is 0 Å². The Balaban J connectivity index is 1.23. The normalized spacial score (nSPS) is 11.3. The summed E-state index contributed by atoms with van der Waals surface area (Å²) in [7, 11) is 0. The molecule has 0 fully saturated rings. The third-order valence-corrected chi connectivity index (χ3v) is 5.58. The van der Waals surface area contributed by atoms with E-state index in [0.29, 0.717) is 28.1 Å². The number of aryl methyl sites for hydroxylation is 1. The molecule has 5 aromatic rings. The maximum Gasteiger partial charge on any atom is 0.248 e. The van der Waals surface area contributed by atoms with Gasteiger partial charge in [-0.15, -0.1) is 0 Å². The fourth-order valence-corrected chi connectivity index (χ4v) is 3.56. The number of nitrogens with one attached hydrogen (secondary N) is 1. The Kier molecular flexibility index (Phi) is 5.55. The van der Waals surface area contributed by atoms with Gasteiger partial charge in [-0.1, -0.05) is 35.9 Å². The third-order valence-electron chi connectivity index (χ3n) is 5.18. The number of para-hydroxylation sites is 2. The van der Waals surface area contributed by atoms with E-state index < -0.39 is 0 Å². The standard InChI is InChI=1S/C27H19ClN2O3/c1-17-6-7-19(16-22(17)28)24-14-12-21(32-24)13-15-26(31)29-20-10-8-18(9-11-20)27-30-23-4-2-3-5-25(23)33-27/h2-16H,1H3,(H,29,31)/b15-13+. The summed E-state index contributed by atoms with van der Waals surface area (Å²) in [5, 5.41) is 3.52. The lowest BCUT2D eigenvalue weighted by atomic mass is 10.1. The van der Waals surface area contributed by atoms with Gasteiger partial charge in [0.25, 0.3) is 0 Å². The molecule has 0 aliphatic heterocycles. The lowest BCUT2D eigenvalue weighted by molar-refractivity contribution is -0.111. The van der Waals surface area contributed by atoms with Crippen LogP contribution in [0.15, 0.2) is 93.8 Å². The number of aromatic nitrogens is 1. The Morgan fingerprint density at radius 1 is 0.939 bits per heavy atom. The van der Waals surface area contributed by atoms with Crippen molar-refractivity contribution in [3.05, 3.63) is 101 Å². The summed E-state index contributed by atoms with van der Waals surface area (Å²) in [6, 6.07) is 24.4. The number of rotatable bonds is 5. The zero-order valence-corrected chi connectivity index (χ0v) is 18.5. The highest BCUT2D eigenvalue weighted by Gasteiger charge is 2.09. The highest BCUT2D eigenvalue weighted by molar-refractivity contribution is 6.31. The van der Waals surface area contributed by atoms with Crippen molar-refractivity contribution in [3.8, 4) is 22.8 Å². The molecular formula is C27H19ClN2O3. The Labute approximate surface area is 195 Å². The van der Waals surface area contributed by atoms with Crippen LogP contribution < -0.4 is 5.32 Å². The number of amides is 1. The molecule has 0 aliphatic carbocycles. The number of oxazole rings is 1. The van der Waals surface area contributed by atoms with Crippen molar-refractivity contribution < 1.29 is 13.6 Å². The van der Waals surface area contributed by atoms with Gasteiger partial charge in [0.15, 0.2) is 5.58 Å². The summed E-state index contributed by atoms with van der Waals surface area (Å²) < 4.78 is 11.6. The first-order valence-corrected chi connectivity index (χ1v) is 10.7. The molecule has 0 saturated carbocycles. The van der Waals surface area contributed by atoms with Gasteiger partial charge in [-0.05, 0) is 73.2 Å². The van der Waals surface area contributed by atoms with Crippen LogP contribution in [0.25, 0.3) is 40.0 Å². The molecule has 0 bridgehead atoms. The Morgan fingerprint density at radius 3 is 2.52 bits per heavy atom. The molecule has 5 rings (SSSR count). The third kappa shape index (κ3) is 4.59. The fraction of sp³-hybridized carbons (Fsp3) is 0.0370. The van der Waals surface area contributed by atoms with Crippen LogP contribution in [0.2, 0.25) is 5.02 Å². The number of halogens is 1. The van der Waals surface area contributed by atoms with Gasteiger partial charge in [0.2, 0.25) is 11.8 Å². The predicted molar refractivity (Wildman–Crippen MR) is 131 cm³/mol. The van der Waals surface area contributed by atoms with Crippen LogP contribution in [0.1, 0.15) is 11.3 Å². The second-order valence-electron chi connectivity index (χ2n) is 7.55. The number of carbonyl (C=O) groups is 1. The molecule has 2 aromatic heterocycles. The van der Waals surface area contributed by atoms with Crippen LogP contribution in [0.3, 0.4) is 0 Å². The van der Waals surface area contributed by atoms with Gasteiger partial charge in [-0.25, -0.2) is 4.98 Å². The molecule has 0 spiro atoms. The highest BCUT2D eigenvalue weighted by atomic mass is 35.5. The Hall–Kier alpha value is -4.09. The Morgan fingerprint density at radius 2 is 1.73 bits per heavy atom. The van der Waals surface area contributed by atoms with Crippen molar-refractivity contribution in [2.75, 3.05) is 5.32 Å². The van der Waals surface area contributed by atoms with E-state index in [-0.39, 0.29) is 5.91 Å². The molecule has 5 nitrogen and oxygen atoms in total. The maximum atomic E-state index is 12.3. The topological polar surface area (TPSA) is 68.3 Å². The lowest BCUT2D eigenvalue weighted by Gasteiger charge is -2.03. The van der Waals surface area contributed by atoms with Crippen molar-refractivity contribution in [2.24, 2.45) is 0 Å². The minimum atomic E-state index is -0.263. The second-order valence-corrected chi connectivity index (χ2v) is 7.96. The summed E-state index contributed by atoms with van der Waals surface area (Å²) in [5.41, 5.74) is 4.93. The maximum absolute atomic E-state index is 12.3. The molecule has 0 aliphatic rings. The molecule has 0 saturated heterocycles. The molecule has 1 N–H and O–H groups in total. The molecule has 1 amide bonds. The van der Waals surface area contributed by atoms with E-state index in [1.165, 1.54) is 6.08 Å². The zero-order chi connectivity index (χ0) is 22.8. The first kappa shape index (κ1) is 20.8. The molecule has 162 valence electrons. The van der Waals surface area contributed by atoms with E-state index in [0.717, 1.165) is 27.8 Å². The van der Waals surface area contributed by atoms with E-state index in [2.05, 4.69) is 10.3 Å². The lowest BCUT2D eigenvalue weighted by Crippen LogP contribution is -2.07. The molecule has 0 unspecified atom stereocenters. The van der Waals surface area contributed by atoms with Crippen molar-refractivity contribution in [3.63, 3.8) is 0 Å². The van der Waals surface area contributed by atoms with Crippen molar-refractivity contribution in [2.45, 2.75) is 6.92 Å². The van der Waals surface area contributed by atoms with Crippen LogP contribution in [0.5, 0.6) is 0 Å². The molecule has 2 heterocycles. The van der Waals surface area contributed by atoms with Gasteiger partial charge in [-0.3, -0.25) is 4.79 Å². The van der Waals surface area contributed by atoms with Gasteiger partial charge < -0.3 is 14.2 Å². The quantitative estimate of drug-likeness (QED) is 0.281. The first-order chi connectivity index (χ1) is 16.0. The van der Waals surface area contributed by atoms with Crippen LogP contribution in [0, 0.1) is 6.92 Å². The smallest absolute Gasteiger partial charge is 0.248 e. The molecule has 3 aromatic carbocycles. The van der Waals surface area contributed by atoms with E-state index in [1.54, 1.807) is 6.08 Å². The number of furan rings is 1. The molecule has 33 heavy (non-hydrogen) atoms. The van der Waals surface area contributed by atoms with Gasteiger partial charge in [0, 0.05) is 27.9 Å². The summed E-state index contributed by atoms with van der Waals surface area (Å²) in [6.45, 7) is 1.95. The number of benzene rings is 3. The van der Waals surface area contributed by atoms with Crippen molar-refractivity contribution >= 4 is 40.4 Å². The number of anilines is 1. The van der Waals surface area contributed by atoms with E-state index in [1.807, 2.05) is 85.8 Å². The minimum absolute atomic E-state index is 0.263. The SMILES string of the molecule is Cc1ccc(-c2ccc(/C=C/C(=O)Nc3ccc(-c4nc5ccccc5o4)cc3)o2)cc1Cl. The molecular weight excluding hydrogens is 436 g/mol. The largest absolute Gasteiger partial charge is 0.457 e. The molecule has 6 heteroatoms. The summed E-state index contributed by atoms with van der Waals surface area (Å²) in [4.78, 5) is 16.8. The average Bonchev–Trinajstić information content (AvgIpc) is 3.47. The zero-order valence-electron chi connectivity index (χ0n) is 17.7. The van der Waals surface area contributed by atoms with Crippen molar-refractivity contribution in [1.82, 2.24) is 4.98 Å². The van der Waals surface area contributed by atoms with Gasteiger partial charge in [-0.2, -0.15) is 0 Å². The number of carbonyl (C=O) groups excluding carboxylic acids is 1. The average molecular weight is 455 g/mol. The van der Waals surface area contributed by atoms with E-state index in [9.17, 15) is 4.79 Å². The molecule has 0 radical (unpaired) electrons. The number of hydrogen-bond donors (Lipinski definition) is 1. The van der Waals surface area contributed by atoms with Gasteiger partial charge >= 0.3 is 0 Å². The van der Waals surface area contributed by atoms with Crippen LogP contribution in [0.4, 0.5) is 5.69 Å². The summed E-state index contributed by atoms with van der Waals surface area (Å²) >= 11 is 6.20. The second kappa shape index (κ2) is 8.81. The van der Waals surface area contributed by atoms with Gasteiger partial charge in [0.1, 0.15) is 17.0 Å². The monoisotopic (exact) mass is 454 g/mol. The first-order valence-electron chi connectivity index (χ1n) is 10.4. The minimum Gasteiger partial charge on any atom is -0.457 e. The van der Waals surface area contributed by atoms with Crippen LogP contribution >= 0.6 is 11.6 Å². The fourth-order valence-electron chi connectivity index (χ4n) is 3.38. The number of fused-ring (bicyclic) bond motifs is 1. The summed E-state index contributed by atoms with van der Waals surface area (Å²) in [5.74, 6) is 1.54. The Bertz CT molecular complexity index is 1450.